The molecule has 0 atom stereocenters. The zero-order valence-corrected chi connectivity index (χ0v) is 12.7. The molecule has 0 bridgehead atoms. The van der Waals surface area contributed by atoms with Crippen molar-refractivity contribution >= 4 is 23.7 Å². The van der Waals surface area contributed by atoms with Crippen molar-refractivity contribution in [1.29, 1.82) is 0 Å². The molecule has 0 aromatic carbocycles. The van der Waals surface area contributed by atoms with E-state index in [-0.39, 0.29) is 18.4 Å². The van der Waals surface area contributed by atoms with Crippen molar-refractivity contribution in [3.05, 3.63) is 5.82 Å². The number of rotatable bonds is 6. The number of hydrogen-bond donors (Lipinski definition) is 3. The highest BCUT2D eigenvalue weighted by atomic mass is 32.2. The van der Waals surface area contributed by atoms with E-state index in [4.69, 9.17) is 5.73 Å². The predicted molar refractivity (Wildman–Crippen MR) is 76.2 cm³/mol. The van der Waals surface area contributed by atoms with Gasteiger partial charge in [0, 0.05) is 25.3 Å². The minimum atomic E-state index is -0.504. The number of amides is 3. The van der Waals surface area contributed by atoms with Crippen LogP contribution < -0.4 is 16.4 Å². The summed E-state index contributed by atoms with van der Waals surface area (Å²) in [5, 5.41) is 13.3. The fraction of sp³-hybridized carbons (Fsp3) is 0.636. The van der Waals surface area contributed by atoms with Crippen molar-refractivity contribution in [2.75, 3.05) is 12.8 Å². The molecular weight excluding hydrogens is 280 g/mol. The van der Waals surface area contributed by atoms with E-state index in [1.54, 1.807) is 0 Å². The molecular formula is C11H20N6O2S. The predicted octanol–water partition coefficient (Wildman–Crippen LogP) is 0.256. The third kappa shape index (κ3) is 4.49. The summed E-state index contributed by atoms with van der Waals surface area (Å²) in [6.07, 6.45) is 0.223. The molecule has 9 heteroatoms. The molecule has 1 rings (SSSR count). The lowest BCUT2D eigenvalue weighted by atomic mass is 10.4. The van der Waals surface area contributed by atoms with Crippen LogP contribution in [0.1, 0.15) is 32.1 Å². The molecule has 1 aromatic heterocycles. The summed E-state index contributed by atoms with van der Waals surface area (Å²) in [7, 11) is 1.46. The summed E-state index contributed by atoms with van der Waals surface area (Å²) in [6, 6.07) is -0.304. The Hall–Kier alpha value is -1.61. The largest absolute Gasteiger partial charge is 0.341 e. The van der Waals surface area contributed by atoms with Crippen molar-refractivity contribution in [3.8, 4) is 0 Å². The highest BCUT2D eigenvalue weighted by Crippen LogP contribution is 2.21. The van der Waals surface area contributed by atoms with Gasteiger partial charge in [0.15, 0.2) is 5.16 Å². The first kappa shape index (κ1) is 16.4. The fourth-order valence-corrected chi connectivity index (χ4v) is 2.57. The molecule has 112 valence electrons. The minimum absolute atomic E-state index is 0.200. The highest BCUT2D eigenvalue weighted by Gasteiger charge is 2.14. The molecule has 0 unspecified atom stereocenters. The number of thioether (sulfide) groups is 1. The molecule has 0 aliphatic heterocycles. The van der Waals surface area contributed by atoms with E-state index < -0.39 is 6.03 Å². The lowest BCUT2D eigenvalue weighted by Gasteiger charge is -2.12. The topological polar surface area (TPSA) is 115 Å². The van der Waals surface area contributed by atoms with Crippen molar-refractivity contribution in [2.24, 2.45) is 5.73 Å². The Kier molecular flexibility index (Phi) is 6.46. The number of carbonyl (C=O) groups excluding carboxylic acids is 2. The summed E-state index contributed by atoms with van der Waals surface area (Å²) in [5.74, 6) is 0.905. The van der Waals surface area contributed by atoms with E-state index in [0.29, 0.717) is 12.3 Å². The van der Waals surface area contributed by atoms with Crippen LogP contribution in [0.3, 0.4) is 0 Å². The number of imide groups is 1. The molecule has 20 heavy (non-hydrogen) atoms. The van der Waals surface area contributed by atoms with E-state index in [0.717, 1.165) is 11.0 Å². The first-order valence-electron chi connectivity index (χ1n) is 6.27. The Labute approximate surface area is 121 Å². The van der Waals surface area contributed by atoms with Gasteiger partial charge in [0.25, 0.3) is 0 Å². The second kappa shape index (κ2) is 7.85. The third-order valence-electron chi connectivity index (χ3n) is 2.47. The van der Waals surface area contributed by atoms with Crippen LogP contribution in [-0.4, -0.2) is 39.5 Å². The summed E-state index contributed by atoms with van der Waals surface area (Å²) < 4.78 is 1.95. The number of aromatic nitrogens is 3. The Bertz CT molecular complexity index is 473. The van der Waals surface area contributed by atoms with Crippen LogP contribution >= 0.6 is 11.8 Å². The van der Waals surface area contributed by atoms with Crippen LogP contribution in [0.15, 0.2) is 5.16 Å². The maximum Gasteiger partial charge on any atom is 0.321 e. The van der Waals surface area contributed by atoms with Gasteiger partial charge < -0.3 is 15.6 Å². The molecule has 0 radical (unpaired) electrons. The monoisotopic (exact) mass is 300 g/mol. The fourth-order valence-electron chi connectivity index (χ4n) is 1.55. The molecule has 0 aliphatic carbocycles. The smallest absolute Gasteiger partial charge is 0.321 e. The van der Waals surface area contributed by atoms with Gasteiger partial charge >= 0.3 is 6.03 Å². The average molecular weight is 300 g/mol. The number of nitrogens with two attached hydrogens (primary N) is 1. The number of hydrogen-bond acceptors (Lipinski definition) is 6. The number of nitrogens with zero attached hydrogens (tertiary/aromatic N) is 3. The van der Waals surface area contributed by atoms with Gasteiger partial charge in [-0.2, -0.15) is 0 Å². The first-order valence-corrected chi connectivity index (χ1v) is 7.26. The van der Waals surface area contributed by atoms with Gasteiger partial charge in [0.05, 0.1) is 6.54 Å². The van der Waals surface area contributed by atoms with Gasteiger partial charge in [-0.3, -0.25) is 10.1 Å². The Balaban J connectivity index is 2.52. The van der Waals surface area contributed by atoms with Gasteiger partial charge in [-0.05, 0) is 13.8 Å². The summed E-state index contributed by atoms with van der Waals surface area (Å²) >= 11 is 1.42. The molecule has 3 amide bonds. The Morgan fingerprint density at radius 2 is 2.10 bits per heavy atom. The molecule has 1 aromatic rings. The van der Waals surface area contributed by atoms with Crippen LogP contribution in [0.25, 0.3) is 0 Å². The maximum absolute atomic E-state index is 11.4. The van der Waals surface area contributed by atoms with E-state index >= 15 is 0 Å². The third-order valence-corrected chi connectivity index (χ3v) is 3.42. The molecule has 0 spiro atoms. The van der Waals surface area contributed by atoms with E-state index in [1.807, 2.05) is 18.4 Å². The van der Waals surface area contributed by atoms with Gasteiger partial charge in [-0.1, -0.05) is 11.8 Å². The van der Waals surface area contributed by atoms with Gasteiger partial charge in [0.2, 0.25) is 5.91 Å². The van der Waals surface area contributed by atoms with Crippen LogP contribution in [-0.2, 0) is 11.3 Å². The molecule has 0 saturated heterocycles. The summed E-state index contributed by atoms with van der Waals surface area (Å²) in [4.78, 5) is 22.4. The van der Waals surface area contributed by atoms with E-state index in [2.05, 4.69) is 20.8 Å². The molecule has 0 saturated carbocycles. The number of urea groups is 1. The van der Waals surface area contributed by atoms with Gasteiger partial charge in [-0.25, -0.2) is 4.79 Å². The van der Waals surface area contributed by atoms with Crippen LogP contribution in [0, 0.1) is 0 Å². The zero-order chi connectivity index (χ0) is 15.1. The van der Waals surface area contributed by atoms with E-state index in [1.165, 1.54) is 18.8 Å². The maximum atomic E-state index is 11.4. The summed E-state index contributed by atoms with van der Waals surface area (Å²) in [5.41, 5.74) is 5.61. The highest BCUT2D eigenvalue weighted by molar-refractivity contribution is 7.99. The minimum Gasteiger partial charge on any atom is -0.341 e. The molecule has 4 N–H and O–H groups in total. The van der Waals surface area contributed by atoms with Crippen molar-refractivity contribution in [2.45, 2.75) is 38.0 Å². The van der Waals surface area contributed by atoms with Crippen molar-refractivity contribution < 1.29 is 9.59 Å². The zero-order valence-electron chi connectivity index (χ0n) is 11.8. The van der Waals surface area contributed by atoms with Crippen LogP contribution in [0.4, 0.5) is 4.79 Å². The normalized spacial score (nSPS) is 10.7. The number of nitrogens with one attached hydrogen (secondary N) is 2. The van der Waals surface area contributed by atoms with Crippen molar-refractivity contribution in [1.82, 2.24) is 25.4 Å². The number of carbonyl (C=O) groups is 2. The van der Waals surface area contributed by atoms with Crippen LogP contribution in [0.2, 0.25) is 0 Å². The lowest BCUT2D eigenvalue weighted by molar-refractivity contribution is -0.119. The quantitative estimate of drug-likeness (QED) is 0.649. The standard InChI is InChI=1S/C11H20N6O2S/c1-7(2)17-8(6-12)15-16-11(17)20-5-4-9(18)14-10(19)13-3/h7H,4-6,12H2,1-3H3,(H2,13,14,18,19). The molecule has 8 nitrogen and oxygen atoms in total. The van der Waals surface area contributed by atoms with Gasteiger partial charge in [-0.15, -0.1) is 10.2 Å². The van der Waals surface area contributed by atoms with E-state index in [9.17, 15) is 9.59 Å². The lowest BCUT2D eigenvalue weighted by Crippen LogP contribution is -2.37. The molecule has 0 aliphatic rings. The summed E-state index contributed by atoms with van der Waals surface area (Å²) in [6.45, 7) is 4.36. The van der Waals surface area contributed by atoms with Gasteiger partial charge in [0.1, 0.15) is 5.82 Å². The van der Waals surface area contributed by atoms with Crippen molar-refractivity contribution in [3.63, 3.8) is 0 Å². The Morgan fingerprint density at radius 1 is 1.40 bits per heavy atom. The molecule has 0 fully saturated rings. The second-order valence-corrected chi connectivity index (χ2v) is 5.35. The second-order valence-electron chi connectivity index (χ2n) is 4.29. The molecule has 1 heterocycles. The SMILES string of the molecule is CNC(=O)NC(=O)CCSc1nnc(CN)n1C(C)C. The first-order chi connectivity index (χ1) is 9.49. The Morgan fingerprint density at radius 3 is 2.65 bits per heavy atom. The van der Waals surface area contributed by atoms with Crippen LogP contribution in [0.5, 0.6) is 0 Å². The average Bonchev–Trinajstić information content (AvgIpc) is 2.81.